The van der Waals surface area contributed by atoms with Gasteiger partial charge in [0.15, 0.2) is 11.0 Å². The van der Waals surface area contributed by atoms with E-state index < -0.39 is 0 Å². The van der Waals surface area contributed by atoms with E-state index in [1.54, 1.807) is 11.8 Å². The van der Waals surface area contributed by atoms with Crippen molar-refractivity contribution in [1.82, 2.24) is 14.8 Å². The average molecular weight is 386 g/mol. The first kappa shape index (κ1) is 18.5. The largest absolute Gasteiger partial charge is 0.270 e. The Morgan fingerprint density at radius 2 is 1.46 bits per heavy atom. The summed E-state index contributed by atoms with van der Waals surface area (Å²) < 4.78 is 2.17. The van der Waals surface area contributed by atoms with Gasteiger partial charge in [0.25, 0.3) is 0 Å². The highest BCUT2D eigenvalue weighted by atomic mass is 32.2. The second-order valence-electron chi connectivity index (χ2n) is 6.78. The van der Waals surface area contributed by atoms with Crippen molar-refractivity contribution >= 4 is 11.8 Å². The molecule has 28 heavy (non-hydrogen) atoms. The van der Waals surface area contributed by atoms with Crippen molar-refractivity contribution in [3.8, 4) is 17.1 Å². The third-order valence-electron chi connectivity index (χ3n) is 4.64. The summed E-state index contributed by atoms with van der Waals surface area (Å²) in [6, 6.07) is 29.4. The molecule has 3 aromatic carbocycles. The van der Waals surface area contributed by atoms with E-state index >= 15 is 0 Å². The van der Waals surface area contributed by atoms with Gasteiger partial charge < -0.3 is 0 Å². The normalized spacial score (nSPS) is 10.9. The molecule has 140 valence electrons. The lowest BCUT2D eigenvalue weighted by Crippen LogP contribution is -2.00. The Morgan fingerprint density at radius 1 is 0.786 bits per heavy atom. The van der Waals surface area contributed by atoms with Crippen LogP contribution in [0.3, 0.4) is 0 Å². The third-order valence-corrected chi connectivity index (χ3v) is 5.66. The monoisotopic (exact) mass is 385 g/mol. The molecule has 4 aromatic rings. The Labute approximate surface area is 170 Å². The Kier molecular flexibility index (Phi) is 5.88. The fourth-order valence-electron chi connectivity index (χ4n) is 3.15. The van der Waals surface area contributed by atoms with E-state index in [0.717, 1.165) is 40.8 Å². The lowest BCUT2D eigenvalue weighted by molar-refractivity contribution is 0.875. The minimum atomic E-state index is 0.884. The molecule has 0 aliphatic rings. The molecule has 0 spiro atoms. The van der Waals surface area contributed by atoms with Crippen molar-refractivity contribution in [2.75, 3.05) is 5.75 Å². The predicted octanol–water partition coefficient (Wildman–Crippen LogP) is 5.97. The molecule has 1 heterocycles. The van der Waals surface area contributed by atoms with Gasteiger partial charge in [0.1, 0.15) is 0 Å². The summed E-state index contributed by atoms with van der Waals surface area (Å²) in [6.07, 6.45) is 2.19. The summed E-state index contributed by atoms with van der Waals surface area (Å²) in [6.45, 7) is 2.10. The molecule has 0 saturated heterocycles. The molecule has 3 nitrogen and oxygen atoms in total. The smallest absolute Gasteiger partial charge is 0.196 e. The molecule has 0 bridgehead atoms. The van der Waals surface area contributed by atoms with Gasteiger partial charge in [-0.05, 0) is 37.5 Å². The van der Waals surface area contributed by atoms with Crippen LogP contribution in [-0.4, -0.2) is 20.5 Å². The first-order valence-electron chi connectivity index (χ1n) is 9.56. The highest BCUT2D eigenvalue weighted by Gasteiger charge is 2.15. The van der Waals surface area contributed by atoms with Gasteiger partial charge in [-0.1, -0.05) is 90.1 Å². The van der Waals surface area contributed by atoms with Gasteiger partial charge >= 0.3 is 0 Å². The average Bonchev–Trinajstić information content (AvgIpc) is 3.17. The number of thioether (sulfide) groups is 1. The number of aryl methyl sites for hydroxylation is 2. The second kappa shape index (κ2) is 8.89. The number of aromatic nitrogens is 3. The summed E-state index contributed by atoms with van der Waals surface area (Å²) in [5.74, 6) is 1.89. The van der Waals surface area contributed by atoms with Crippen LogP contribution < -0.4 is 0 Å². The minimum Gasteiger partial charge on any atom is -0.270 e. The minimum absolute atomic E-state index is 0.884. The van der Waals surface area contributed by atoms with E-state index in [1.165, 1.54) is 11.1 Å². The van der Waals surface area contributed by atoms with Crippen LogP contribution in [0.4, 0.5) is 0 Å². The molecular weight excluding hydrogens is 362 g/mol. The molecule has 0 radical (unpaired) electrons. The van der Waals surface area contributed by atoms with Gasteiger partial charge in [-0.15, -0.1) is 10.2 Å². The van der Waals surface area contributed by atoms with Crippen LogP contribution in [0.25, 0.3) is 17.1 Å². The summed E-state index contributed by atoms with van der Waals surface area (Å²) in [4.78, 5) is 0. The fourth-order valence-corrected chi connectivity index (χ4v) is 4.04. The van der Waals surface area contributed by atoms with Crippen LogP contribution in [-0.2, 0) is 6.42 Å². The van der Waals surface area contributed by atoms with Gasteiger partial charge in [0.05, 0.1) is 0 Å². The topological polar surface area (TPSA) is 30.7 Å². The lowest BCUT2D eigenvalue weighted by Gasteiger charge is -2.11. The van der Waals surface area contributed by atoms with Crippen molar-refractivity contribution < 1.29 is 0 Å². The second-order valence-corrected chi connectivity index (χ2v) is 7.84. The summed E-state index contributed by atoms with van der Waals surface area (Å²) in [5.41, 5.74) is 4.80. The lowest BCUT2D eigenvalue weighted by atomic mass is 10.1. The fraction of sp³-hybridized carbons (Fsp3) is 0.167. The number of rotatable bonds is 7. The first-order chi connectivity index (χ1) is 13.8. The molecule has 4 rings (SSSR count). The zero-order valence-corrected chi connectivity index (χ0v) is 16.8. The van der Waals surface area contributed by atoms with Gasteiger partial charge in [0, 0.05) is 17.0 Å². The number of nitrogens with zero attached hydrogens (tertiary/aromatic N) is 3. The van der Waals surface area contributed by atoms with Crippen LogP contribution in [0, 0.1) is 6.92 Å². The zero-order valence-electron chi connectivity index (χ0n) is 16.0. The Bertz CT molecular complexity index is 1010. The molecule has 0 unspecified atom stereocenters. The van der Waals surface area contributed by atoms with Gasteiger partial charge in [-0.3, -0.25) is 4.57 Å². The Hall–Kier alpha value is -2.85. The maximum absolute atomic E-state index is 4.51. The Balaban J connectivity index is 1.56. The van der Waals surface area contributed by atoms with E-state index in [1.807, 2.05) is 18.2 Å². The number of benzene rings is 3. The zero-order chi connectivity index (χ0) is 19.2. The first-order valence-corrected chi connectivity index (χ1v) is 10.5. The van der Waals surface area contributed by atoms with Crippen LogP contribution in [0.5, 0.6) is 0 Å². The Morgan fingerprint density at radius 3 is 2.18 bits per heavy atom. The predicted molar refractivity (Wildman–Crippen MR) is 117 cm³/mol. The SMILES string of the molecule is Cc1ccc(-n2c(SCCCc3ccccc3)nnc2-c2ccccc2)cc1. The standard InChI is InChI=1S/C24H23N3S/c1-19-14-16-22(17-15-19)27-23(21-12-6-3-7-13-21)25-26-24(27)28-18-8-11-20-9-4-2-5-10-20/h2-7,9-10,12-17H,8,11,18H2,1H3. The van der Waals surface area contributed by atoms with Crippen molar-refractivity contribution in [3.63, 3.8) is 0 Å². The van der Waals surface area contributed by atoms with Gasteiger partial charge in [-0.2, -0.15) is 0 Å². The number of hydrogen-bond donors (Lipinski definition) is 0. The molecule has 0 amide bonds. The maximum atomic E-state index is 4.51. The number of hydrogen-bond acceptors (Lipinski definition) is 3. The third kappa shape index (κ3) is 4.34. The van der Waals surface area contributed by atoms with E-state index in [0.29, 0.717) is 0 Å². The molecule has 0 aliphatic carbocycles. The maximum Gasteiger partial charge on any atom is 0.196 e. The summed E-state index contributed by atoms with van der Waals surface area (Å²) >= 11 is 1.77. The highest BCUT2D eigenvalue weighted by Crippen LogP contribution is 2.28. The van der Waals surface area contributed by atoms with E-state index in [-0.39, 0.29) is 0 Å². The molecule has 0 aliphatic heterocycles. The van der Waals surface area contributed by atoms with E-state index in [4.69, 9.17) is 0 Å². The molecule has 0 N–H and O–H groups in total. The van der Waals surface area contributed by atoms with Crippen molar-refractivity contribution in [2.45, 2.75) is 24.9 Å². The van der Waals surface area contributed by atoms with Gasteiger partial charge in [0.2, 0.25) is 0 Å². The van der Waals surface area contributed by atoms with Crippen LogP contribution in [0.2, 0.25) is 0 Å². The van der Waals surface area contributed by atoms with Crippen molar-refractivity contribution in [3.05, 3.63) is 96.1 Å². The van der Waals surface area contributed by atoms with Crippen molar-refractivity contribution in [1.29, 1.82) is 0 Å². The quantitative estimate of drug-likeness (QED) is 0.290. The van der Waals surface area contributed by atoms with Gasteiger partial charge in [-0.25, -0.2) is 0 Å². The van der Waals surface area contributed by atoms with Crippen molar-refractivity contribution in [2.24, 2.45) is 0 Å². The summed E-state index contributed by atoms with van der Waals surface area (Å²) in [7, 11) is 0. The highest BCUT2D eigenvalue weighted by molar-refractivity contribution is 7.99. The molecule has 0 fully saturated rings. The molecule has 4 heteroatoms. The van der Waals surface area contributed by atoms with Crippen LogP contribution in [0.15, 0.2) is 90.1 Å². The molecule has 0 atom stereocenters. The molecular formula is C24H23N3S. The van der Waals surface area contributed by atoms with Crippen LogP contribution in [0.1, 0.15) is 17.5 Å². The summed E-state index contributed by atoms with van der Waals surface area (Å²) in [5, 5.41) is 9.97. The molecule has 0 saturated carbocycles. The van der Waals surface area contributed by atoms with E-state index in [9.17, 15) is 0 Å². The molecule has 1 aromatic heterocycles. The van der Waals surface area contributed by atoms with E-state index in [2.05, 4.69) is 88.4 Å². The van der Waals surface area contributed by atoms with Crippen LogP contribution >= 0.6 is 11.8 Å².